The summed E-state index contributed by atoms with van der Waals surface area (Å²) in [5.74, 6) is 2.66. The van der Waals surface area contributed by atoms with E-state index in [1.54, 1.807) is 0 Å². The summed E-state index contributed by atoms with van der Waals surface area (Å²) in [5, 5.41) is 0. The highest BCUT2D eigenvalue weighted by Crippen LogP contribution is 1.97. The van der Waals surface area contributed by atoms with Crippen LogP contribution in [0.5, 0.6) is 0 Å². The minimum Gasteiger partial charge on any atom is -0.306 e. The summed E-state index contributed by atoms with van der Waals surface area (Å²) in [6.07, 6.45) is 10.00. The molecule has 0 unspecified atom stereocenters. The minimum atomic E-state index is 0.869. The topological polar surface area (TPSA) is 16.1 Å². The molecule has 0 aromatic carbocycles. The molecule has 0 radical (unpaired) electrons. The molecular formula is C13H18N2. The van der Waals surface area contributed by atoms with Gasteiger partial charge in [-0.3, -0.25) is 4.98 Å². The van der Waals surface area contributed by atoms with E-state index >= 15 is 0 Å². The predicted molar refractivity (Wildman–Crippen MR) is 63.5 cm³/mol. The molecule has 0 bridgehead atoms. The molecule has 0 saturated carbocycles. The van der Waals surface area contributed by atoms with E-state index in [1.165, 1.54) is 0 Å². The van der Waals surface area contributed by atoms with Crippen LogP contribution in [0.4, 0.5) is 0 Å². The second-order valence-electron chi connectivity index (χ2n) is 3.68. The average Bonchev–Trinajstić information content (AvgIpc) is 2.28. The number of aromatic nitrogens is 1. The lowest BCUT2D eigenvalue weighted by atomic mass is 10.2. The second kappa shape index (κ2) is 7.03. The van der Waals surface area contributed by atoms with Gasteiger partial charge in [0.05, 0.1) is 0 Å². The molecule has 0 aliphatic rings. The van der Waals surface area contributed by atoms with E-state index < -0.39 is 0 Å². The fourth-order valence-electron chi connectivity index (χ4n) is 1.41. The lowest BCUT2D eigenvalue weighted by molar-refractivity contribution is 0.334. The van der Waals surface area contributed by atoms with E-state index in [4.69, 9.17) is 6.42 Å². The van der Waals surface area contributed by atoms with Crippen molar-refractivity contribution in [2.24, 2.45) is 0 Å². The molecule has 15 heavy (non-hydrogen) atoms. The summed E-state index contributed by atoms with van der Waals surface area (Å²) in [7, 11) is 2.12. The molecule has 2 nitrogen and oxygen atoms in total. The van der Waals surface area contributed by atoms with Gasteiger partial charge in [0, 0.05) is 31.3 Å². The normalized spacial score (nSPS) is 10.2. The maximum absolute atomic E-state index is 5.20. The first kappa shape index (κ1) is 11.7. The van der Waals surface area contributed by atoms with Crippen molar-refractivity contribution < 1.29 is 0 Å². The Bertz CT molecular complexity index is 300. The molecule has 1 heterocycles. The smallest absolute Gasteiger partial charge is 0.0416 e. The number of rotatable bonds is 6. The van der Waals surface area contributed by atoms with E-state index in [2.05, 4.69) is 28.9 Å². The number of nitrogens with zero attached hydrogens (tertiary/aromatic N) is 2. The molecule has 1 rings (SSSR count). The standard InChI is InChI=1S/C13H18N2/c1-3-4-7-11-15(2)12-9-13-8-5-6-10-14-13/h1,5-6,8,10H,4,7,9,11-12H2,2H3. The second-order valence-corrected chi connectivity index (χ2v) is 3.68. The van der Waals surface area contributed by atoms with Crippen LogP contribution in [0.15, 0.2) is 24.4 Å². The number of pyridine rings is 1. The molecule has 0 amide bonds. The van der Waals surface area contributed by atoms with E-state index in [1.807, 2.05) is 18.3 Å². The summed E-state index contributed by atoms with van der Waals surface area (Å²) in [6.45, 7) is 2.11. The zero-order chi connectivity index (χ0) is 10.9. The molecule has 0 fully saturated rings. The van der Waals surface area contributed by atoms with Crippen molar-refractivity contribution in [3.8, 4) is 12.3 Å². The van der Waals surface area contributed by atoms with Crippen LogP contribution < -0.4 is 0 Å². The summed E-state index contributed by atoms with van der Waals surface area (Å²) in [5.41, 5.74) is 1.15. The molecular weight excluding hydrogens is 184 g/mol. The van der Waals surface area contributed by atoms with E-state index in [9.17, 15) is 0 Å². The van der Waals surface area contributed by atoms with Gasteiger partial charge in [-0.25, -0.2) is 0 Å². The zero-order valence-corrected chi connectivity index (χ0v) is 9.32. The molecule has 0 N–H and O–H groups in total. The summed E-state index contributed by atoms with van der Waals surface area (Å²) >= 11 is 0. The lowest BCUT2D eigenvalue weighted by Gasteiger charge is -2.15. The summed E-state index contributed by atoms with van der Waals surface area (Å²) in [6, 6.07) is 6.04. The Balaban J connectivity index is 2.17. The number of unbranched alkanes of at least 4 members (excludes halogenated alkanes) is 1. The van der Waals surface area contributed by atoms with Gasteiger partial charge in [-0.1, -0.05) is 6.07 Å². The minimum absolute atomic E-state index is 0.869. The molecule has 2 heteroatoms. The molecule has 0 atom stereocenters. The third-order valence-electron chi connectivity index (χ3n) is 2.34. The quantitative estimate of drug-likeness (QED) is 0.518. The van der Waals surface area contributed by atoms with Crippen LogP contribution in [-0.4, -0.2) is 30.0 Å². The predicted octanol–water partition coefficient (Wildman–Crippen LogP) is 1.97. The van der Waals surface area contributed by atoms with Gasteiger partial charge in [-0.15, -0.1) is 12.3 Å². The van der Waals surface area contributed by atoms with Crippen LogP contribution >= 0.6 is 0 Å². The third kappa shape index (κ3) is 5.19. The maximum atomic E-state index is 5.20. The molecule has 0 aliphatic heterocycles. The van der Waals surface area contributed by atoms with Crippen molar-refractivity contribution in [2.75, 3.05) is 20.1 Å². The molecule has 0 spiro atoms. The average molecular weight is 202 g/mol. The Morgan fingerprint density at radius 2 is 2.27 bits per heavy atom. The number of hydrogen-bond donors (Lipinski definition) is 0. The SMILES string of the molecule is C#CCCCN(C)CCc1ccccn1. The van der Waals surface area contributed by atoms with Crippen molar-refractivity contribution in [2.45, 2.75) is 19.3 Å². The molecule has 1 aromatic heterocycles. The Hall–Kier alpha value is -1.33. The third-order valence-corrected chi connectivity index (χ3v) is 2.34. The van der Waals surface area contributed by atoms with Crippen LogP contribution in [0.3, 0.4) is 0 Å². The molecule has 0 aliphatic carbocycles. The van der Waals surface area contributed by atoms with Gasteiger partial charge in [0.2, 0.25) is 0 Å². The Kier molecular flexibility index (Phi) is 5.50. The van der Waals surface area contributed by atoms with Gasteiger partial charge in [-0.2, -0.15) is 0 Å². The highest BCUT2D eigenvalue weighted by atomic mass is 15.1. The molecule has 80 valence electrons. The number of hydrogen-bond acceptors (Lipinski definition) is 2. The van der Waals surface area contributed by atoms with Crippen LogP contribution in [0, 0.1) is 12.3 Å². The fraction of sp³-hybridized carbons (Fsp3) is 0.462. The van der Waals surface area contributed by atoms with Crippen LogP contribution in [0.2, 0.25) is 0 Å². The maximum Gasteiger partial charge on any atom is 0.0416 e. The fourth-order valence-corrected chi connectivity index (χ4v) is 1.41. The van der Waals surface area contributed by atoms with Gasteiger partial charge < -0.3 is 4.90 Å². The monoisotopic (exact) mass is 202 g/mol. The van der Waals surface area contributed by atoms with Gasteiger partial charge in [0.15, 0.2) is 0 Å². The van der Waals surface area contributed by atoms with Gasteiger partial charge >= 0.3 is 0 Å². The largest absolute Gasteiger partial charge is 0.306 e. The van der Waals surface area contributed by atoms with Crippen LogP contribution in [-0.2, 0) is 6.42 Å². The number of likely N-dealkylation sites (N-methyl/N-ethyl adjacent to an activating group) is 1. The first-order valence-corrected chi connectivity index (χ1v) is 5.35. The first-order valence-electron chi connectivity index (χ1n) is 5.35. The lowest BCUT2D eigenvalue weighted by Crippen LogP contribution is -2.22. The van der Waals surface area contributed by atoms with Gasteiger partial charge in [-0.05, 0) is 32.1 Å². The van der Waals surface area contributed by atoms with E-state index in [0.717, 1.165) is 38.0 Å². The molecule has 0 saturated heterocycles. The zero-order valence-electron chi connectivity index (χ0n) is 9.32. The Morgan fingerprint density at radius 3 is 2.93 bits per heavy atom. The van der Waals surface area contributed by atoms with Crippen molar-refractivity contribution in [1.82, 2.24) is 9.88 Å². The number of terminal acetylenes is 1. The van der Waals surface area contributed by atoms with Crippen molar-refractivity contribution in [1.29, 1.82) is 0 Å². The van der Waals surface area contributed by atoms with E-state index in [-0.39, 0.29) is 0 Å². The summed E-state index contributed by atoms with van der Waals surface area (Å²) in [4.78, 5) is 6.59. The highest BCUT2D eigenvalue weighted by molar-refractivity contribution is 5.03. The van der Waals surface area contributed by atoms with Gasteiger partial charge in [0.1, 0.15) is 0 Å². The van der Waals surface area contributed by atoms with Crippen molar-refractivity contribution in [3.05, 3.63) is 30.1 Å². The Morgan fingerprint density at radius 1 is 1.40 bits per heavy atom. The van der Waals surface area contributed by atoms with Gasteiger partial charge in [0.25, 0.3) is 0 Å². The summed E-state index contributed by atoms with van der Waals surface area (Å²) < 4.78 is 0. The van der Waals surface area contributed by atoms with E-state index in [0.29, 0.717) is 0 Å². The van der Waals surface area contributed by atoms with Crippen LogP contribution in [0.25, 0.3) is 0 Å². The molecule has 1 aromatic rings. The van der Waals surface area contributed by atoms with Crippen molar-refractivity contribution >= 4 is 0 Å². The highest BCUT2D eigenvalue weighted by Gasteiger charge is 1.98. The van der Waals surface area contributed by atoms with Crippen LogP contribution in [0.1, 0.15) is 18.5 Å². The van der Waals surface area contributed by atoms with Crippen molar-refractivity contribution in [3.63, 3.8) is 0 Å². The first-order chi connectivity index (χ1) is 7.33. The Labute approximate surface area is 92.3 Å².